The summed E-state index contributed by atoms with van der Waals surface area (Å²) in [7, 11) is 3.71. The van der Waals surface area contributed by atoms with Gasteiger partial charge in [-0.25, -0.2) is 14.1 Å². The third-order valence-corrected chi connectivity index (χ3v) is 10.1. The highest BCUT2D eigenvalue weighted by Crippen LogP contribution is 2.41. The van der Waals surface area contributed by atoms with E-state index in [2.05, 4.69) is 27.2 Å². The number of carbonyl (C=O) groups is 1. The molecule has 5 aromatic rings. The third-order valence-electron chi connectivity index (χ3n) is 10.1. The van der Waals surface area contributed by atoms with E-state index in [4.69, 9.17) is 14.5 Å². The summed E-state index contributed by atoms with van der Waals surface area (Å²) in [5.74, 6) is -0.171. The minimum absolute atomic E-state index is 0.0338. The van der Waals surface area contributed by atoms with Gasteiger partial charge in [-0.15, -0.1) is 5.10 Å². The minimum atomic E-state index is -0.422. The van der Waals surface area contributed by atoms with Crippen molar-refractivity contribution in [2.45, 2.75) is 64.6 Å². The highest BCUT2D eigenvalue weighted by Gasteiger charge is 2.32. The molecule has 10 nitrogen and oxygen atoms in total. The number of ether oxygens (including phenoxy) is 2. The summed E-state index contributed by atoms with van der Waals surface area (Å²) >= 11 is 0. The number of pyridine rings is 2. The molecule has 0 bridgehead atoms. The molecule has 5 heterocycles. The number of hydrogen-bond donors (Lipinski definition) is 0. The van der Waals surface area contributed by atoms with Crippen LogP contribution in [0.3, 0.4) is 0 Å². The smallest absolute Gasteiger partial charge is 0.246 e. The van der Waals surface area contributed by atoms with Crippen molar-refractivity contribution < 1.29 is 18.7 Å². The van der Waals surface area contributed by atoms with E-state index in [1.165, 1.54) is 0 Å². The van der Waals surface area contributed by atoms with Crippen LogP contribution in [0.25, 0.3) is 43.8 Å². The Labute approximate surface area is 279 Å². The predicted molar refractivity (Wildman–Crippen MR) is 185 cm³/mol. The number of aryl methyl sites for hydroxylation is 2. The van der Waals surface area contributed by atoms with Gasteiger partial charge in [0.25, 0.3) is 0 Å². The van der Waals surface area contributed by atoms with Gasteiger partial charge in [-0.2, -0.15) is 0 Å². The Kier molecular flexibility index (Phi) is 8.82. The molecule has 0 saturated carbocycles. The van der Waals surface area contributed by atoms with Gasteiger partial charge >= 0.3 is 0 Å². The summed E-state index contributed by atoms with van der Waals surface area (Å²) in [5, 5.41) is 11.8. The Balaban J connectivity index is 1.35. The van der Waals surface area contributed by atoms with Gasteiger partial charge in [0, 0.05) is 66.1 Å². The van der Waals surface area contributed by atoms with Gasteiger partial charge in [0.1, 0.15) is 17.1 Å². The van der Waals surface area contributed by atoms with Crippen molar-refractivity contribution in [1.82, 2.24) is 34.8 Å². The van der Waals surface area contributed by atoms with Crippen molar-refractivity contribution in [3.63, 3.8) is 0 Å². The molecule has 2 fully saturated rings. The van der Waals surface area contributed by atoms with Crippen molar-refractivity contribution in [3.8, 4) is 17.0 Å². The first-order valence-corrected chi connectivity index (χ1v) is 16.8. The van der Waals surface area contributed by atoms with Crippen LogP contribution < -0.4 is 4.74 Å². The van der Waals surface area contributed by atoms with Gasteiger partial charge < -0.3 is 14.4 Å². The SMILES string of the molecule is COC/C=C/C(=O)N1CCC(n2nnc3c(O[C@@H](C)C4CCCN4C)nc4c(F)c(-c5cnc(C)c6ccccc56)c(C)cc4c32)CC1. The first-order chi connectivity index (χ1) is 23.3. The molecule has 1 amide bonds. The van der Waals surface area contributed by atoms with Gasteiger partial charge in [0.2, 0.25) is 11.8 Å². The number of likely N-dealkylation sites (tertiary alicyclic amines) is 2. The van der Waals surface area contributed by atoms with E-state index in [1.54, 1.807) is 25.5 Å². The summed E-state index contributed by atoms with van der Waals surface area (Å²) in [4.78, 5) is 26.4. The maximum atomic E-state index is 17.1. The summed E-state index contributed by atoms with van der Waals surface area (Å²) in [6.07, 6.45) is 8.36. The quantitative estimate of drug-likeness (QED) is 0.184. The standard InChI is InChI=1S/C37H42FN7O3/c1-22-20-28-34(33(38)32(22)29-21-39-23(2)26-10-6-7-11-27(26)29)40-37(48-24(3)30-12-8-16-43(30)4)35-36(28)45(42-41-35)25-14-17-44(18-15-25)31(46)13-9-19-47-5/h6-7,9-11,13,20-21,24-25,30H,8,12,14-19H2,1-5H3/b13-9+/t24-,30?/m0/s1. The summed E-state index contributed by atoms with van der Waals surface area (Å²) in [6.45, 7) is 8.49. The molecule has 1 unspecified atom stereocenters. The average Bonchev–Trinajstić information content (AvgIpc) is 3.74. The van der Waals surface area contributed by atoms with Gasteiger partial charge in [-0.3, -0.25) is 14.7 Å². The number of hydrogen-bond acceptors (Lipinski definition) is 8. The van der Waals surface area contributed by atoms with E-state index in [1.807, 2.05) is 60.7 Å². The maximum Gasteiger partial charge on any atom is 0.246 e. The Bertz CT molecular complexity index is 2040. The Morgan fingerprint density at radius 3 is 2.58 bits per heavy atom. The Morgan fingerprint density at radius 1 is 1.08 bits per heavy atom. The van der Waals surface area contributed by atoms with Crippen molar-refractivity contribution in [3.05, 3.63) is 65.8 Å². The molecular formula is C37H42FN7O3. The number of halogens is 1. The molecular weight excluding hydrogens is 609 g/mol. The lowest BCUT2D eigenvalue weighted by Crippen LogP contribution is -2.38. The van der Waals surface area contributed by atoms with Crippen LogP contribution in [0.5, 0.6) is 5.88 Å². The molecule has 2 aromatic carbocycles. The maximum absolute atomic E-state index is 17.1. The second kappa shape index (κ2) is 13.2. The minimum Gasteiger partial charge on any atom is -0.471 e. The number of benzene rings is 2. The first kappa shape index (κ1) is 32.1. The zero-order valence-corrected chi connectivity index (χ0v) is 28.2. The Hall–Kier alpha value is -4.48. The average molecular weight is 652 g/mol. The number of piperidine rings is 1. The molecule has 0 spiro atoms. The van der Waals surface area contributed by atoms with Crippen LogP contribution in [0, 0.1) is 19.7 Å². The number of aromatic nitrogens is 5. The predicted octanol–water partition coefficient (Wildman–Crippen LogP) is 6.18. The van der Waals surface area contributed by atoms with E-state index < -0.39 is 5.82 Å². The van der Waals surface area contributed by atoms with Crippen LogP contribution in [0.4, 0.5) is 4.39 Å². The van der Waals surface area contributed by atoms with Crippen molar-refractivity contribution in [2.75, 3.05) is 40.4 Å². The van der Waals surface area contributed by atoms with E-state index in [0.29, 0.717) is 54.5 Å². The number of amides is 1. The fraction of sp³-hybridized carbons (Fsp3) is 0.432. The second-order valence-electron chi connectivity index (χ2n) is 13.2. The monoisotopic (exact) mass is 651 g/mol. The first-order valence-electron chi connectivity index (χ1n) is 16.8. The normalized spacial score (nSPS) is 18.5. The van der Waals surface area contributed by atoms with Crippen molar-refractivity contribution >= 4 is 38.6 Å². The van der Waals surface area contributed by atoms with E-state index in [-0.39, 0.29) is 35.5 Å². The van der Waals surface area contributed by atoms with E-state index >= 15 is 4.39 Å². The fourth-order valence-corrected chi connectivity index (χ4v) is 7.57. The van der Waals surface area contributed by atoms with Crippen LogP contribution in [0.15, 0.2) is 48.7 Å². The molecule has 7 rings (SSSR count). The number of likely N-dealkylation sites (N-methyl/N-ethyl adjacent to an activating group) is 1. The van der Waals surface area contributed by atoms with Gasteiger partial charge in [0.05, 0.1) is 12.6 Å². The van der Waals surface area contributed by atoms with Gasteiger partial charge in [-0.1, -0.05) is 35.6 Å². The molecule has 0 aliphatic carbocycles. The molecule has 11 heteroatoms. The zero-order valence-electron chi connectivity index (χ0n) is 28.2. The van der Waals surface area contributed by atoms with Crippen LogP contribution in [0.2, 0.25) is 0 Å². The second-order valence-corrected chi connectivity index (χ2v) is 13.2. The highest BCUT2D eigenvalue weighted by atomic mass is 19.1. The molecule has 2 aliphatic rings. The summed E-state index contributed by atoms with van der Waals surface area (Å²) in [5.41, 5.74) is 4.29. The molecule has 250 valence electrons. The van der Waals surface area contributed by atoms with Crippen LogP contribution in [-0.2, 0) is 9.53 Å². The molecule has 3 aromatic heterocycles. The van der Waals surface area contributed by atoms with E-state index in [0.717, 1.165) is 47.0 Å². The number of carbonyl (C=O) groups excluding carboxylic acids is 1. The summed E-state index contributed by atoms with van der Waals surface area (Å²) < 4.78 is 30.7. The molecule has 48 heavy (non-hydrogen) atoms. The van der Waals surface area contributed by atoms with E-state index in [9.17, 15) is 4.79 Å². The van der Waals surface area contributed by atoms with Crippen molar-refractivity contribution in [2.24, 2.45) is 0 Å². The molecule has 2 aliphatic heterocycles. The van der Waals surface area contributed by atoms with Gasteiger partial charge in [-0.05, 0) is 77.1 Å². The number of nitrogens with zero attached hydrogens (tertiary/aromatic N) is 7. The lowest BCUT2D eigenvalue weighted by atomic mass is 9.93. The summed E-state index contributed by atoms with van der Waals surface area (Å²) in [6, 6.07) is 10.1. The zero-order chi connectivity index (χ0) is 33.5. The fourth-order valence-electron chi connectivity index (χ4n) is 7.57. The number of methoxy groups -OCH3 is 1. The molecule has 0 radical (unpaired) electrons. The lowest BCUT2D eigenvalue weighted by molar-refractivity contribution is -0.127. The number of fused-ring (bicyclic) bond motifs is 4. The topological polar surface area (TPSA) is 98.5 Å². The van der Waals surface area contributed by atoms with Gasteiger partial charge in [0.15, 0.2) is 11.3 Å². The Morgan fingerprint density at radius 2 is 1.85 bits per heavy atom. The largest absolute Gasteiger partial charge is 0.471 e. The lowest BCUT2D eigenvalue weighted by Gasteiger charge is -2.31. The van der Waals surface area contributed by atoms with Crippen LogP contribution in [0.1, 0.15) is 49.9 Å². The highest BCUT2D eigenvalue weighted by molar-refractivity contribution is 6.08. The number of rotatable bonds is 8. The van der Waals surface area contributed by atoms with Crippen molar-refractivity contribution in [1.29, 1.82) is 0 Å². The molecule has 2 saturated heterocycles. The van der Waals surface area contributed by atoms with Crippen LogP contribution in [-0.4, -0.2) is 93.2 Å². The third kappa shape index (κ3) is 5.68. The molecule has 0 N–H and O–H groups in total. The molecule has 2 atom stereocenters. The van der Waals surface area contributed by atoms with Crippen LogP contribution >= 0.6 is 0 Å².